The molecule has 0 aromatic heterocycles. The fourth-order valence-corrected chi connectivity index (χ4v) is 1.01. The van der Waals surface area contributed by atoms with Crippen molar-refractivity contribution < 1.29 is 4.79 Å². The first-order valence-corrected chi connectivity index (χ1v) is 3.27. The third kappa shape index (κ3) is 7.73. The minimum Gasteiger partial charge on any atom is -0.358 e. The van der Waals surface area contributed by atoms with Crippen LogP contribution in [0.4, 0.5) is 0 Å². The molecule has 0 aliphatic heterocycles. The molecule has 0 radical (unpaired) electrons. The Hall–Kier alpha value is -0.370. The second-order valence-corrected chi connectivity index (χ2v) is 2.62. The highest BCUT2D eigenvalue weighted by Gasteiger charge is 2.14. The second kappa shape index (κ2) is 10.6. The van der Waals surface area contributed by atoms with Crippen molar-refractivity contribution in [2.75, 3.05) is 7.05 Å². The van der Waals surface area contributed by atoms with E-state index in [9.17, 15) is 4.79 Å². The Kier molecular flexibility index (Phi) is 20.0. The van der Waals surface area contributed by atoms with Gasteiger partial charge in [0, 0.05) is 0 Å². The largest absolute Gasteiger partial charge is 0.358 e. The van der Waals surface area contributed by atoms with Crippen LogP contribution >= 0.6 is 0 Å². The van der Waals surface area contributed by atoms with E-state index in [0.717, 1.165) is 0 Å². The maximum atomic E-state index is 10.8. The monoisotopic (exact) mass is 176 g/mol. The van der Waals surface area contributed by atoms with Crippen LogP contribution in [0.1, 0.15) is 35.6 Å². The van der Waals surface area contributed by atoms with Crippen molar-refractivity contribution in [3.8, 4) is 0 Å². The molecule has 78 valence electrons. The van der Waals surface area contributed by atoms with E-state index in [2.05, 4.69) is 5.32 Å². The molecule has 1 N–H and O–H groups in total. The second-order valence-electron chi connectivity index (χ2n) is 2.62. The number of carbonyl (C=O) groups excluding carboxylic acids is 1. The predicted octanol–water partition coefficient (Wildman–Crippen LogP) is 2.54. The highest BCUT2D eigenvalue weighted by Crippen LogP contribution is 2.00. The van der Waals surface area contributed by atoms with Gasteiger partial charge in [0.15, 0.2) is 0 Å². The third-order valence-electron chi connectivity index (χ3n) is 1.42. The zero-order valence-corrected chi connectivity index (χ0v) is 7.56. The summed E-state index contributed by atoms with van der Waals surface area (Å²) in [6.07, 6.45) is 0. The molecule has 0 rings (SSSR count). The molecule has 0 spiro atoms. The van der Waals surface area contributed by atoms with E-state index in [-0.39, 0.29) is 34.1 Å². The molecular weight excluding hydrogens is 150 g/mol. The zero-order valence-electron chi connectivity index (χ0n) is 7.56. The Morgan fingerprint density at radius 2 is 1.58 bits per heavy atom. The topological polar surface area (TPSA) is 29.1 Å². The molecule has 2 heteroatoms. The number of likely N-dealkylation sites (N-methyl/N-ethyl adjacent to an activating group) is 1. The number of nitrogens with one attached hydrogen (secondary N) is 1. The lowest BCUT2D eigenvalue weighted by molar-refractivity contribution is -0.119. The lowest BCUT2D eigenvalue weighted by atomic mass is 10.0. The number of carbonyl (C=O) groups is 1. The van der Waals surface area contributed by atoms with Crippen molar-refractivity contribution in [2.24, 2.45) is 5.92 Å². The van der Waals surface area contributed by atoms with Crippen molar-refractivity contribution in [3.63, 3.8) is 0 Å². The summed E-state index contributed by atoms with van der Waals surface area (Å²) in [4.78, 5) is 10.8. The first kappa shape index (κ1) is 22.6. The fraction of sp³-hybridized carbons (Fsp3) is 0.800. The summed E-state index contributed by atoms with van der Waals surface area (Å²) in [6.45, 7) is 5.67. The van der Waals surface area contributed by atoms with Gasteiger partial charge in [0.1, 0.15) is 5.78 Å². The lowest BCUT2D eigenvalue weighted by Gasteiger charge is -2.15. The van der Waals surface area contributed by atoms with Gasteiger partial charge in [-0.3, -0.25) is 4.79 Å². The van der Waals surface area contributed by atoms with Gasteiger partial charge in [-0.15, -0.1) is 0 Å². The molecule has 2 nitrogen and oxygen atoms in total. The van der Waals surface area contributed by atoms with Gasteiger partial charge in [0.2, 0.25) is 0 Å². The molecule has 0 aliphatic carbocycles. The van der Waals surface area contributed by atoms with Crippen molar-refractivity contribution in [1.82, 2.24) is 5.32 Å². The summed E-state index contributed by atoms with van der Waals surface area (Å²) in [5.41, 5.74) is 0. The van der Waals surface area contributed by atoms with E-state index in [1.54, 1.807) is 6.92 Å². The molecule has 0 aromatic carbocycles. The van der Waals surface area contributed by atoms with Gasteiger partial charge >= 0.3 is 0 Å². The summed E-state index contributed by atoms with van der Waals surface area (Å²) in [5.74, 6) is 0.611. The van der Waals surface area contributed by atoms with Crippen molar-refractivity contribution >= 4 is 5.78 Å². The number of ketones is 1. The SMILES string of the molecule is C.C.CNC(C(C)=O)C(C)C.[CH3-]. The average molecular weight is 176 g/mol. The van der Waals surface area contributed by atoms with Crippen LogP contribution in [0.3, 0.4) is 0 Å². The molecule has 1 atom stereocenters. The van der Waals surface area contributed by atoms with Gasteiger partial charge in [-0.25, -0.2) is 0 Å². The molecule has 0 fully saturated rings. The molecular formula is C10H26NO-. The van der Waals surface area contributed by atoms with Crippen molar-refractivity contribution in [3.05, 3.63) is 7.43 Å². The molecule has 0 saturated heterocycles. The number of rotatable bonds is 3. The molecule has 0 aliphatic rings. The van der Waals surface area contributed by atoms with Crippen molar-refractivity contribution in [1.29, 1.82) is 0 Å². The Bertz CT molecular complexity index is 100. The number of hydrogen-bond donors (Lipinski definition) is 1. The fourth-order valence-electron chi connectivity index (χ4n) is 1.01. The average Bonchev–Trinajstić information content (AvgIpc) is 1.64. The van der Waals surface area contributed by atoms with E-state index in [1.807, 2.05) is 20.9 Å². The summed E-state index contributed by atoms with van der Waals surface area (Å²) < 4.78 is 0. The molecule has 0 saturated carbocycles. The Labute approximate surface area is 78.8 Å². The van der Waals surface area contributed by atoms with Crippen LogP contribution in [-0.4, -0.2) is 18.9 Å². The lowest BCUT2D eigenvalue weighted by Crippen LogP contribution is -2.36. The smallest absolute Gasteiger partial charge is 0.146 e. The molecule has 0 heterocycles. The van der Waals surface area contributed by atoms with Crippen LogP contribution in [0.25, 0.3) is 0 Å². The van der Waals surface area contributed by atoms with Crippen LogP contribution < -0.4 is 5.32 Å². The number of hydrogen-bond acceptors (Lipinski definition) is 2. The van der Waals surface area contributed by atoms with E-state index in [0.29, 0.717) is 5.92 Å². The van der Waals surface area contributed by atoms with Gasteiger partial charge in [-0.1, -0.05) is 28.7 Å². The summed E-state index contributed by atoms with van der Waals surface area (Å²) in [5, 5.41) is 2.95. The van der Waals surface area contributed by atoms with Gasteiger partial charge in [-0.05, 0) is 19.9 Å². The maximum Gasteiger partial charge on any atom is 0.146 e. The van der Waals surface area contributed by atoms with Gasteiger partial charge in [0.25, 0.3) is 0 Å². The molecule has 1 unspecified atom stereocenters. The zero-order chi connectivity index (χ0) is 7.44. The Morgan fingerprint density at radius 3 is 1.58 bits per heavy atom. The molecule has 0 amide bonds. The van der Waals surface area contributed by atoms with Crippen LogP contribution in [0.15, 0.2) is 0 Å². The number of Topliss-reactive ketones (excluding diaryl/α,β-unsaturated/α-hetero) is 1. The summed E-state index contributed by atoms with van der Waals surface area (Å²) in [7, 11) is 1.81. The van der Waals surface area contributed by atoms with Gasteiger partial charge < -0.3 is 12.7 Å². The first-order valence-electron chi connectivity index (χ1n) is 3.27. The van der Waals surface area contributed by atoms with Crippen LogP contribution in [0.5, 0.6) is 0 Å². The van der Waals surface area contributed by atoms with Crippen molar-refractivity contribution in [2.45, 2.75) is 41.7 Å². The first-order chi connectivity index (χ1) is 4.09. The Balaban J connectivity index is -0.000000107. The minimum atomic E-state index is 0. The molecule has 12 heavy (non-hydrogen) atoms. The highest BCUT2D eigenvalue weighted by atomic mass is 16.1. The van der Waals surface area contributed by atoms with E-state index >= 15 is 0 Å². The normalized spacial score (nSPS) is 10.4. The third-order valence-corrected chi connectivity index (χ3v) is 1.42. The van der Waals surface area contributed by atoms with Gasteiger partial charge in [-0.2, -0.15) is 0 Å². The molecule has 0 bridgehead atoms. The maximum absolute atomic E-state index is 10.8. The minimum absolute atomic E-state index is 0. The van der Waals surface area contributed by atoms with Crippen LogP contribution in [-0.2, 0) is 4.79 Å². The standard InChI is InChI=1S/C7H15NO.2CH4.CH3/c1-5(2)7(8-4)6(3)9;;;/h5,7-8H,1-4H3;2*1H4;1H3/q;;;-1. The van der Waals surface area contributed by atoms with E-state index < -0.39 is 0 Å². The summed E-state index contributed by atoms with van der Waals surface area (Å²) >= 11 is 0. The van der Waals surface area contributed by atoms with E-state index in [1.165, 1.54) is 0 Å². The van der Waals surface area contributed by atoms with Gasteiger partial charge in [0.05, 0.1) is 6.04 Å². The quantitative estimate of drug-likeness (QED) is 0.670. The molecule has 0 aromatic rings. The highest BCUT2D eigenvalue weighted by molar-refractivity contribution is 5.81. The van der Waals surface area contributed by atoms with E-state index in [4.69, 9.17) is 0 Å². The van der Waals surface area contributed by atoms with Crippen LogP contribution in [0.2, 0.25) is 0 Å². The van der Waals surface area contributed by atoms with Crippen LogP contribution in [0, 0.1) is 13.3 Å². The summed E-state index contributed by atoms with van der Waals surface area (Å²) in [6, 6.07) is 0.0324. The predicted molar refractivity (Wildman–Crippen MR) is 58.2 cm³/mol. The Morgan fingerprint density at radius 1 is 1.25 bits per heavy atom.